The molecule has 22 heavy (non-hydrogen) atoms. The molecule has 0 aliphatic carbocycles. The van der Waals surface area contributed by atoms with Crippen LogP contribution in [0.25, 0.3) is 6.08 Å². The number of carboxylic acids is 1. The summed E-state index contributed by atoms with van der Waals surface area (Å²) in [5.74, 6) is -1.98. The van der Waals surface area contributed by atoms with Crippen molar-refractivity contribution in [2.75, 3.05) is 5.32 Å². The second kappa shape index (κ2) is 6.91. The van der Waals surface area contributed by atoms with E-state index in [1.807, 2.05) is 0 Å². The summed E-state index contributed by atoms with van der Waals surface area (Å²) in [4.78, 5) is 22.5. The van der Waals surface area contributed by atoms with Gasteiger partial charge in [-0.2, -0.15) is 0 Å². The van der Waals surface area contributed by atoms with E-state index in [2.05, 4.69) is 5.32 Å². The summed E-state index contributed by atoms with van der Waals surface area (Å²) in [7, 11) is 0. The Bertz CT molecular complexity index is 740. The first-order chi connectivity index (χ1) is 10.5. The zero-order valence-corrected chi connectivity index (χ0v) is 12.0. The maximum absolute atomic E-state index is 13.0. The van der Waals surface area contributed by atoms with E-state index in [0.717, 1.165) is 12.1 Å². The van der Waals surface area contributed by atoms with Gasteiger partial charge in [-0.1, -0.05) is 11.6 Å². The van der Waals surface area contributed by atoms with Gasteiger partial charge < -0.3 is 15.0 Å². The summed E-state index contributed by atoms with van der Waals surface area (Å²) in [5.41, 5.74) is 0.959. The van der Waals surface area contributed by atoms with E-state index in [1.54, 1.807) is 22.9 Å². The van der Waals surface area contributed by atoms with E-state index in [-0.39, 0.29) is 17.5 Å². The molecule has 0 aliphatic rings. The molecule has 5 nitrogen and oxygen atoms in total. The van der Waals surface area contributed by atoms with E-state index in [0.29, 0.717) is 11.4 Å². The molecule has 0 bridgehead atoms. The van der Waals surface area contributed by atoms with Crippen LogP contribution in [-0.2, 0) is 16.1 Å². The van der Waals surface area contributed by atoms with Crippen LogP contribution in [-0.4, -0.2) is 21.6 Å². The molecule has 2 N–H and O–H groups in total. The van der Waals surface area contributed by atoms with Crippen LogP contribution in [0.2, 0.25) is 5.02 Å². The summed E-state index contributed by atoms with van der Waals surface area (Å²) >= 11 is 5.64. The fraction of sp³-hybridized carbons (Fsp3) is 0.0667. The molecule has 0 fully saturated rings. The molecule has 0 aliphatic heterocycles. The van der Waals surface area contributed by atoms with Crippen molar-refractivity contribution in [2.45, 2.75) is 6.54 Å². The fourth-order valence-electron chi connectivity index (χ4n) is 1.81. The largest absolute Gasteiger partial charge is 0.478 e. The second-order valence-corrected chi connectivity index (χ2v) is 4.82. The monoisotopic (exact) mass is 322 g/mol. The Kier molecular flexibility index (Phi) is 4.95. The molecule has 0 saturated heterocycles. The number of anilines is 1. The Morgan fingerprint density at radius 3 is 2.82 bits per heavy atom. The molecule has 7 heteroatoms. The Balaban J connectivity index is 2.05. The second-order valence-electron chi connectivity index (χ2n) is 4.41. The lowest BCUT2D eigenvalue weighted by molar-refractivity contribution is -0.131. The standard InChI is InChI=1S/C15H12ClFN2O3/c16-12-8-10(3-5-13(12)17)18-14(20)9-19-7-1-2-11(19)4-6-15(21)22/h1-8H,9H2,(H,18,20)(H,21,22)/b6-4+. The molecular weight excluding hydrogens is 311 g/mol. The first kappa shape index (κ1) is 15.8. The lowest BCUT2D eigenvalue weighted by Crippen LogP contribution is -2.19. The predicted octanol–water partition coefficient (Wildman–Crippen LogP) is 3.02. The number of aliphatic carboxylic acids is 1. The fourth-order valence-corrected chi connectivity index (χ4v) is 1.99. The van der Waals surface area contributed by atoms with Crippen molar-refractivity contribution in [3.63, 3.8) is 0 Å². The molecule has 1 aromatic heterocycles. The van der Waals surface area contributed by atoms with Crippen LogP contribution in [0.15, 0.2) is 42.6 Å². The minimum atomic E-state index is -1.07. The summed E-state index contributed by atoms with van der Waals surface area (Å²) in [6, 6.07) is 7.26. The molecule has 0 radical (unpaired) electrons. The molecule has 0 unspecified atom stereocenters. The van der Waals surface area contributed by atoms with E-state index >= 15 is 0 Å². The third-order valence-corrected chi connectivity index (χ3v) is 3.07. The normalized spacial score (nSPS) is 10.8. The predicted molar refractivity (Wildman–Crippen MR) is 81.1 cm³/mol. The van der Waals surface area contributed by atoms with Gasteiger partial charge in [0.1, 0.15) is 12.4 Å². The Morgan fingerprint density at radius 2 is 2.14 bits per heavy atom. The molecule has 114 valence electrons. The average molecular weight is 323 g/mol. The summed E-state index contributed by atoms with van der Waals surface area (Å²) in [6.07, 6.45) is 4.03. The van der Waals surface area contributed by atoms with Gasteiger partial charge >= 0.3 is 5.97 Å². The van der Waals surface area contributed by atoms with Crippen LogP contribution >= 0.6 is 11.6 Å². The molecule has 1 heterocycles. The number of hydrogen-bond acceptors (Lipinski definition) is 2. The highest BCUT2D eigenvalue weighted by Crippen LogP contribution is 2.19. The minimum Gasteiger partial charge on any atom is -0.478 e. The smallest absolute Gasteiger partial charge is 0.328 e. The number of halogens is 2. The van der Waals surface area contributed by atoms with Crippen LogP contribution < -0.4 is 5.32 Å². The number of carboxylic acid groups (broad SMARTS) is 1. The van der Waals surface area contributed by atoms with Crippen molar-refractivity contribution in [3.8, 4) is 0 Å². The van der Waals surface area contributed by atoms with Crippen LogP contribution in [0.1, 0.15) is 5.69 Å². The van der Waals surface area contributed by atoms with Crippen LogP contribution in [0.4, 0.5) is 10.1 Å². The highest BCUT2D eigenvalue weighted by molar-refractivity contribution is 6.31. The van der Waals surface area contributed by atoms with E-state index in [4.69, 9.17) is 16.7 Å². The van der Waals surface area contributed by atoms with E-state index in [9.17, 15) is 14.0 Å². The lowest BCUT2D eigenvalue weighted by Gasteiger charge is -2.08. The van der Waals surface area contributed by atoms with Crippen molar-refractivity contribution in [1.29, 1.82) is 0 Å². The quantitative estimate of drug-likeness (QED) is 0.831. The third-order valence-electron chi connectivity index (χ3n) is 2.78. The SMILES string of the molecule is O=C(O)/C=C/c1cccn1CC(=O)Nc1ccc(F)c(Cl)c1. The highest BCUT2D eigenvalue weighted by atomic mass is 35.5. The molecular formula is C15H12ClFN2O3. The molecule has 1 amide bonds. The van der Waals surface area contributed by atoms with Crippen LogP contribution in [0, 0.1) is 5.82 Å². The van der Waals surface area contributed by atoms with Crippen molar-refractivity contribution in [1.82, 2.24) is 4.57 Å². The topological polar surface area (TPSA) is 71.3 Å². The van der Waals surface area contributed by atoms with Gasteiger partial charge in [0.05, 0.1) is 5.02 Å². The number of amides is 1. The number of nitrogens with one attached hydrogen (secondary N) is 1. The Labute approximate surface area is 130 Å². The lowest BCUT2D eigenvalue weighted by atomic mass is 10.3. The van der Waals surface area contributed by atoms with Crippen LogP contribution in [0.3, 0.4) is 0 Å². The molecule has 2 rings (SSSR count). The van der Waals surface area contributed by atoms with Crippen LogP contribution in [0.5, 0.6) is 0 Å². The summed E-state index contributed by atoms with van der Waals surface area (Å²) < 4.78 is 14.6. The first-order valence-electron chi connectivity index (χ1n) is 6.27. The van der Waals surface area contributed by atoms with Crippen molar-refractivity contribution < 1.29 is 19.1 Å². The van der Waals surface area contributed by atoms with Gasteiger partial charge in [-0.05, 0) is 36.4 Å². The number of benzene rings is 1. The molecule has 1 aromatic carbocycles. The van der Waals surface area contributed by atoms with Gasteiger partial charge in [-0.3, -0.25) is 4.79 Å². The number of rotatable bonds is 5. The number of hydrogen-bond donors (Lipinski definition) is 2. The maximum Gasteiger partial charge on any atom is 0.328 e. The van der Waals surface area contributed by atoms with Gasteiger partial charge in [-0.15, -0.1) is 0 Å². The molecule has 0 saturated carbocycles. The Morgan fingerprint density at radius 1 is 1.36 bits per heavy atom. The highest BCUT2D eigenvalue weighted by Gasteiger charge is 2.07. The minimum absolute atomic E-state index is 0.0126. The van der Waals surface area contributed by atoms with Crippen molar-refractivity contribution in [3.05, 3.63) is 59.1 Å². The number of carbonyl (C=O) groups is 2. The molecule has 0 spiro atoms. The number of nitrogens with zero attached hydrogens (tertiary/aromatic N) is 1. The number of aromatic nitrogens is 1. The maximum atomic E-state index is 13.0. The Hall–Kier alpha value is -2.60. The van der Waals surface area contributed by atoms with Gasteiger partial charge in [0.2, 0.25) is 5.91 Å². The van der Waals surface area contributed by atoms with Crippen molar-refractivity contribution >= 4 is 35.2 Å². The van der Waals surface area contributed by atoms with Gasteiger partial charge in [0, 0.05) is 23.7 Å². The zero-order chi connectivity index (χ0) is 16.1. The zero-order valence-electron chi connectivity index (χ0n) is 11.3. The van der Waals surface area contributed by atoms with Gasteiger partial charge in [-0.25, -0.2) is 9.18 Å². The third kappa shape index (κ3) is 4.20. The first-order valence-corrected chi connectivity index (χ1v) is 6.64. The summed E-state index contributed by atoms with van der Waals surface area (Å²) in [6.45, 7) is -0.0126. The molecule has 0 atom stereocenters. The van der Waals surface area contributed by atoms with E-state index < -0.39 is 11.8 Å². The van der Waals surface area contributed by atoms with Crippen molar-refractivity contribution in [2.24, 2.45) is 0 Å². The van der Waals surface area contributed by atoms with Gasteiger partial charge in [0.25, 0.3) is 0 Å². The summed E-state index contributed by atoms with van der Waals surface area (Å²) in [5, 5.41) is 11.1. The number of carbonyl (C=O) groups excluding carboxylic acids is 1. The molecule has 2 aromatic rings. The average Bonchev–Trinajstić information content (AvgIpc) is 2.87. The van der Waals surface area contributed by atoms with E-state index in [1.165, 1.54) is 18.2 Å². The van der Waals surface area contributed by atoms with Gasteiger partial charge in [0.15, 0.2) is 0 Å².